The lowest BCUT2D eigenvalue weighted by Crippen LogP contribution is -2.36. The Kier molecular flexibility index (Phi) is 4.98. The first kappa shape index (κ1) is 13.0. The molecule has 98 valence electrons. The molecule has 4 nitrogen and oxygen atoms in total. The number of hydroxylamine groups is 2. The van der Waals surface area contributed by atoms with Crippen LogP contribution in [-0.4, -0.2) is 49.2 Å². The second-order valence-corrected chi connectivity index (χ2v) is 4.98. The van der Waals surface area contributed by atoms with Crippen molar-refractivity contribution in [3.63, 3.8) is 0 Å². The van der Waals surface area contributed by atoms with Crippen molar-refractivity contribution in [1.29, 1.82) is 0 Å². The van der Waals surface area contributed by atoms with Crippen LogP contribution < -0.4 is 0 Å². The molecule has 0 aromatic heterocycles. The predicted molar refractivity (Wildman–Crippen MR) is 65.4 cm³/mol. The maximum atomic E-state index is 9.73. The Morgan fingerprint density at radius 2 is 2.18 bits per heavy atom. The van der Waals surface area contributed by atoms with Crippen molar-refractivity contribution in [3.05, 3.63) is 12.2 Å². The van der Waals surface area contributed by atoms with Crippen molar-refractivity contribution in [2.45, 2.75) is 31.8 Å². The van der Waals surface area contributed by atoms with E-state index in [1.54, 1.807) is 0 Å². The van der Waals surface area contributed by atoms with Gasteiger partial charge in [-0.05, 0) is 37.2 Å². The zero-order valence-corrected chi connectivity index (χ0v) is 10.4. The molecule has 0 aromatic rings. The Morgan fingerprint density at radius 3 is 2.88 bits per heavy atom. The van der Waals surface area contributed by atoms with Gasteiger partial charge in [-0.1, -0.05) is 6.58 Å². The fourth-order valence-electron chi connectivity index (χ4n) is 2.44. The predicted octanol–water partition coefficient (Wildman–Crippen LogP) is 1.36. The molecule has 2 aliphatic rings. The summed E-state index contributed by atoms with van der Waals surface area (Å²) in [7, 11) is 0. The number of ether oxygens (including phenoxy) is 1. The van der Waals surface area contributed by atoms with E-state index in [9.17, 15) is 5.11 Å². The third-order valence-corrected chi connectivity index (χ3v) is 3.67. The van der Waals surface area contributed by atoms with Crippen LogP contribution in [0.25, 0.3) is 0 Å². The van der Waals surface area contributed by atoms with Crippen molar-refractivity contribution in [2.24, 2.45) is 5.92 Å². The van der Waals surface area contributed by atoms with E-state index in [0.29, 0.717) is 5.92 Å². The van der Waals surface area contributed by atoms with Gasteiger partial charge in [0.2, 0.25) is 0 Å². The van der Waals surface area contributed by atoms with Gasteiger partial charge >= 0.3 is 0 Å². The van der Waals surface area contributed by atoms with Gasteiger partial charge in [0.05, 0.1) is 25.9 Å². The summed E-state index contributed by atoms with van der Waals surface area (Å²) < 4.78 is 5.26. The van der Waals surface area contributed by atoms with E-state index < -0.39 is 0 Å². The van der Waals surface area contributed by atoms with Crippen molar-refractivity contribution in [3.8, 4) is 0 Å². The molecule has 0 amide bonds. The maximum absolute atomic E-state index is 9.73. The summed E-state index contributed by atoms with van der Waals surface area (Å²) in [6.07, 6.45) is 3.69. The van der Waals surface area contributed by atoms with E-state index in [-0.39, 0.29) is 6.10 Å². The fraction of sp³-hybridized carbons (Fsp3) is 0.846. The molecule has 0 radical (unpaired) electrons. The normalized spacial score (nSPS) is 31.7. The van der Waals surface area contributed by atoms with Crippen LogP contribution in [0.15, 0.2) is 12.2 Å². The van der Waals surface area contributed by atoms with Crippen LogP contribution in [0.4, 0.5) is 0 Å². The molecule has 1 saturated heterocycles. The Bertz CT molecular complexity index is 251. The topological polar surface area (TPSA) is 41.9 Å². The first-order valence-electron chi connectivity index (χ1n) is 6.57. The first-order valence-corrected chi connectivity index (χ1v) is 6.57. The molecule has 1 saturated carbocycles. The lowest BCUT2D eigenvalue weighted by molar-refractivity contribution is -0.196. The average Bonchev–Trinajstić information content (AvgIpc) is 2.35. The van der Waals surface area contributed by atoms with E-state index in [0.717, 1.165) is 64.2 Å². The van der Waals surface area contributed by atoms with E-state index >= 15 is 0 Å². The number of hydrogen-bond donors (Lipinski definition) is 1. The Hall–Kier alpha value is -0.420. The van der Waals surface area contributed by atoms with E-state index in [1.807, 2.05) is 5.06 Å². The lowest BCUT2D eigenvalue weighted by atomic mass is 9.83. The Morgan fingerprint density at radius 1 is 1.41 bits per heavy atom. The Labute approximate surface area is 103 Å². The minimum atomic E-state index is -0.294. The Balaban J connectivity index is 1.60. The minimum absolute atomic E-state index is 0.294. The third kappa shape index (κ3) is 4.07. The highest BCUT2D eigenvalue weighted by molar-refractivity contribution is 5.05. The van der Waals surface area contributed by atoms with Gasteiger partial charge in [0.1, 0.15) is 0 Å². The molecular weight excluding hydrogens is 218 g/mol. The standard InChI is InChI=1S/C13H23NO3/c1-11-2-3-12(10-13(11)15)4-7-17-14-5-8-16-9-6-14/h12-13,15H,1-10H2. The molecule has 4 heteroatoms. The third-order valence-electron chi connectivity index (χ3n) is 3.67. The van der Waals surface area contributed by atoms with Crippen molar-refractivity contribution >= 4 is 0 Å². The summed E-state index contributed by atoms with van der Waals surface area (Å²) in [5.74, 6) is 0.580. The molecular formula is C13H23NO3. The van der Waals surface area contributed by atoms with Gasteiger partial charge in [0, 0.05) is 13.1 Å². The fourth-order valence-corrected chi connectivity index (χ4v) is 2.44. The monoisotopic (exact) mass is 241 g/mol. The second-order valence-electron chi connectivity index (χ2n) is 4.98. The highest BCUT2D eigenvalue weighted by atomic mass is 16.7. The smallest absolute Gasteiger partial charge is 0.0750 e. The van der Waals surface area contributed by atoms with Gasteiger partial charge in [-0.25, -0.2) is 0 Å². The molecule has 1 heterocycles. The maximum Gasteiger partial charge on any atom is 0.0750 e. The summed E-state index contributed by atoms with van der Waals surface area (Å²) in [5, 5.41) is 11.7. The molecule has 1 aliphatic carbocycles. The molecule has 2 rings (SSSR count). The van der Waals surface area contributed by atoms with Gasteiger partial charge in [0.15, 0.2) is 0 Å². The van der Waals surface area contributed by atoms with Gasteiger partial charge in [-0.2, -0.15) is 5.06 Å². The van der Waals surface area contributed by atoms with Crippen LogP contribution in [0.2, 0.25) is 0 Å². The van der Waals surface area contributed by atoms with Crippen molar-refractivity contribution < 1.29 is 14.7 Å². The van der Waals surface area contributed by atoms with Gasteiger partial charge < -0.3 is 9.84 Å². The van der Waals surface area contributed by atoms with Gasteiger partial charge in [-0.3, -0.25) is 4.84 Å². The molecule has 17 heavy (non-hydrogen) atoms. The summed E-state index contributed by atoms with van der Waals surface area (Å²) in [6.45, 7) is 7.90. The number of rotatable bonds is 4. The average molecular weight is 241 g/mol. The van der Waals surface area contributed by atoms with Gasteiger partial charge in [0.25, 0.3) is 0 Å². The molecule has 1 aliphatic heterocycles. The SMILES string of the molecule is C=C1CCC(CCON2CCOCC2)CC1O. The molecule has 2 unspecified atom stereocenters. The molecule has 2 atom stereocenters. The lowest BCUT2D eigenvalue weighted by Gasteiger charge is -2.29. The summed E-state index contributed by atoms with van der Waals surface area (Å²) in [6, 6.07) is 0. The van der Waals surface area contributed by atoms with Crippen molar-refractivity contribution in [1.82, 2.24) is 5.06 Å². The van der Waals surface area contributed by atoms with E-state index in [2.05, 4.69) is 6.58 Å². The summed E-state index contributed by atoms with van der Waals surface area (Å²) in [4.78, 5) is 5.70. The van der Waals surface area contributed by atoms with Crippen LogP contribution in [0.5, 0.6) is 0 Å². The molecule has 2 fully saturated rings. The number of morpholine rings is 1. The van der Waals surface area contributed by atoms with Gasteiger partial charge in [-0.15, -0.1) is 0 Å². The van der Waals surface area contributed by atoms with E-state index in [4.69, 9.17) is 9.57 Å². The van der Waals surface area contributed by atoms with E-state index in [1.165, 1.54) is 0 Å². The number of hydrogen-bond acceptors (Lipinski definition) is 4. The highest BCUT2D eigenvalue weighted by Crippen LogP contribution is 2.29. The molecule has 0 bridgehead atoms. The molecule has 0 spiro atoms. The number of aliphatic hydroxyl groups is 1. The number of nitrogens with zero attached hydrogens (tertiary/aromatic N) is 1. The van der Waals surface area contributed by atoms with Crippen LogP contribution in [0.3, 0.4) is 0 Å². The largest absolute Gasteiger partial charge is 0.389 e. The van der Waals surface area contributed by atoms with Crippen LogP contribution in [0.1, 0.15) is 25.7 Å². The first-order chi connectivity index (χ1) is 8.25. The zero-order valence-electron chi connectivity index (χ0n) is 10.4. The van der Waals surface area contributed by atoms with Crippen LogP contribution >= 0.6 is 0 Å². The summed E-state index contributed by atoms with van der Waals surface area (Å²) in [5.41, 5.74) is 0.996. The highest BCUT2D eigenvalue weighted by Gasteiger charge is 2.23. The van der Waals surface area contributed by atoms with Crippen LogP contribution in [-0.2, 0) is 9.57 Å². The molecule has 0 aromatic carbocycles. The summed E-state index contributed by atoms with van der Waals surface area (Å²) >= 11 is 0. The molecule has 1 N–H and O–H groups in total. The number of aliphatic hydroxyl groups excluding tert-OH is 1. The minimum Gasteiger partial charge on any atom is -0.389 e. The van der Waals surface area contributed by atoms with Crippen molar-refractivity contribution in [2.75, 3.05) is 32.9 Å². The second kappa shape index (κ2) is 6.50. The van der Waals surface area contributed by atoms with Crippen LogP contribution in [0, 0.1) is 5.92 Å². The quantitative estimate of drug-likeness (QED) is 0.755. The zero-order chi connectivity index (χ0) is 12.1.